The molecule has 3 fully saturated rings. The summed E-state index contributed by atoms with van der Waals surface area (Å²) in [6.45, 7) is 0.544. The van der Waals surface area contributed by atoms with Gasteiger partial charge in [-0.15, -0.1) is 0 Å². The number of benzene rings is 1. The third-order valence-electron chi connectivity index (χ3n) is 6.55. The van der Waals surface area contributed by atoms with E-state index in [1.54, 1.807) is 4.90 Å². The lowest BCUT2D eigenvalue weighted by Gasteiger charge is -2.35. The third kappa shape index (κ3) is 4.32. The zero-order valence-electron chi connectivity index (χ0n) is 17.7. The van der Waals surface area contributed by atoms with Gasteiger partial charge in [0.2, 0.25) is 11.8 Å². The van der Waals surface area contributed by atoms with Crippen molar-refractivity contribution in [2.75, 3.05) is 24.5 Å². The van der Waals surface area contributed by atoms with Gasteiger partial charge >= 0.3 is 12.4 Å². The van der Waals surface area contributed by atoms with Crippen LogP contribution in [0.3, 0.4) is 0 Å². The van der Waals surface area contributed by atoms with Crippen LogP contribution in [0.15, 0.2) is 18.2 Å². The van der Waals surface area contributed by atoms with Crippen molar-refractivity contribution in [3.05, 3.63) is 29.3 Å². The highest BCUT2D eigenvalue weighted by Crippen LogP contribution is 2.42. The summed E-state index contributed by atoms with van der Waals surface area (Å²) in [5, 5.41) is 9.16. The number of fused-ring (bicyclic) bond motifs is 2. The number of rotatable bonds is 4. The summed E-state index contributed by atoms with van der Waals surface area (Å²) in [5.41, 5.74) is 2.59. The molecule has 0 radical (unpaired) electrons. The van der Waals surface area contributed by atoms with Crippen LogP contribution in [-0.2, 0) is 21.9 Å². The molecule has 2 bridgehead atoms. The Morgan fingerprint density at radius 2 is 1.76 bits per heavy atom. The maximum absolute atomic E-state index is 13.2. The molecular weight excluding hydrogens is 468 g/mol. The van der Waals surface area contributed by atoms with E-state index in [1.165, 1.54) is 4.90 Å². The summed E-state index contributed by atoms with van der Waals surface area (Å²) in [4.78, 5) is 29.6. The minimum absolute atomic E-state index is 0.00931. The number of likely N-dealkylation sites (tertiary alicyclic amines) is 2. The van der Waals surface area contributed by atoms with Crippen LogP contribution >= 0.6 is 0 Å². The number of nitrogens with two attached hydrogens (primary N) is 1. The quantitative estimate of drug-likeness (QED) is 0.656. The van der Waals surface area contributed by atoms with E-state index in [4.69, 9.17) is 11.0 Å². The zero-order chi connectivity index (χ0) is 25.0. The number of nitriles is 1. The minimum Gasteiger partial charge on any atom is -0.325 e. The van der Waals surface area contributed by atoms with Crippen LogP contribution in [0.4, 0.5) is 32.0 Å². The van der Waals surface area contributed by atoms with Crippen molar-refractivity contribution in [3.63, 3.8) is 0 Å². The Bertz CT molecular complexity index is 1000. The first-order valence-corrected chi connectivity index (χ1v) is 10.6. The van der Waals surface area contributed by atoms with E-state index in [0.717, 1.165) is 4.90 Å². The normalized spacial score (nSPS) is 26.3. The van der Waals surface area contributed by atoms with Crippen molar-refractivity contribution in [3.8, 4) is 6.07 Å². The lowest BCUT2D eigenvalue weighted by molar-refractivity contribution is -0.143. The number of carbonyl (C=O) groups excluding carboxylic acids is 2. The van der Waals surface area contributed by atoms with E-state index in [1.807, 2.05) is 6.07 Å². The van der Waals surface area contributed by atoms with Gasteiger partial charge in [0.15, 0.2) is 0 Å². The third-order valence-corrected chi connectivity index (χ3v) is 6.55. The van der Waals surface area contributed by atoms with Crippen molar-refractivity contribution in [2.45, 2.75) is 55.8 Å². The first-order valence-electron chi connectivity index (χ1n) is 10.6. The summed E-state index contributed by atoms with van der Waals surface area (Å²) < 4.78 is 79.3. The predicted molar refractivity (Wildman–Crippen MR) is 106 cm³/mol. The van der Waals surface area contributed by atoms with Gasteiger partial charge in [0.1, 0.15) is 6.04 Å². The van der Waals surface area contributed by atoms with Gasteiger partial charge in [-0.3, -0.25) is 14.5 Å². The summed E-state index contributed by atoms with van der Waals surface area (Å²) in [6, 6.07) is 0.124. The summed E-state index contributed by atoms with van der Waals surface area (Å²) in [6.07, 6.45) is -8.62. The van der Waals surface area contributed by atoms with Gasteiger partial charge in [-0.1, -0.05) is 0 Å². The fraction of sp³-hybridized carbons (Fsp3) is 0.571. The lowest BCUT2D eigenvalue weighted by atomic mass is 10.1. The lowest BCUT2D eigenvalue weighted by Crippen LogP contribution is -2.56. The highest BCUT2D eigenvalue weighted by Gasteiger charge is 2.51. The van der Waals surface area contributed by atoms with E-state index >= 15 is 0 Å². The van der Waals surface area contributed by atoms with Crippen LogP contribution in [0.1, 0.15) is 30.4 Å². The maximum Gasteiger partial charge on any atom is 0.416 e. The van der Waals surface area contributed by atoms with Crippen molar-refractivity contribution < 1.29 is 35.9 Å². The zero-order valence-corrected chi connectivity index (χ0v) is 17.7. The van der Waals surface area contributed by atoms with E-state index in [2.05, 4.69) is 0 Å². The van der Waals surface area contributed by atoms with Crippen molar-refractivity contribution >= 4 is 17.5 Å². The molecular formula is C21H21F6N5O2. The van der Waals surface area contributed by atoms with Crippen LogP contribution in [-0.4, -0.2) is 65.4 Å². The summed E-state index contributed by atoms with van der Waals surface area (Å²) in [5.74, 6) is -1.07. The molecule has 2 N–H and O–H groups in total. The predicted octanol–water partition coefficient (Wildman–Crippen LogP) is 2.36. The number of nitrogens with zero attached hydrogens (tertiary/aromatic N) is 4. The van der Waals surface area contributed by atoms with Crippen molar-refractivity contribution in [1.29, 1.82) is 5.26 Å². The molecule has 3 saturated heterocycles. The second kappa shape index (κ2) is 8.42. The van der Waals surface area contributed by atoms with Gasteiger partial charge in [-0.2, -0.15) is 31.6 Å². The number of hydrogen-bond acceptors (Lipinski definition) is 5. The molecule has 7 nitrogen and oxygen atoms in total. The Hall–Kier alpha value is -2.85. The second-order valence-electron chi connectivity index (χ2n) is 8.76. The molecule has 184 valence electrons. The highest BCUT2D eigenvalue weighted by molar-refractivity contribution is 6.01. The number of piperazine rings is 1. The monoisotopic (exact) mass is 489 g/mol. The average Bonchev–Trinajstić information content (AvgIpc) is 3.45. The molecule has 3 aliphatic heterocycles. The number of hydrogen-bond donors (Lipinski definition) is 1. The molecule has 2 amide bonds. The van der Waals surface area contributed by atoms with Crippen LogP contribution in [0.25, 0.3) is 0 Å². The Morgan fingerprint density at radius 3 is 2.29 bits per heavy atom. The molecule has 0 spiro atoms. The standard InChI is InChI=1S/C21H21F6N5O2/c22-20(23,24)11-4-12(21(25,26)27)6-14(5-11)32-15-7-17(19(32)34)30(9-15)10-16(29)18(33)31-3-1-2-13(31)8-28/h4-6,13,15-17H,1-3,7,9-10,29H2/t13?,15-,16?,17?/m0/s1. The molecule has 1 aromatic carbocycles. The molecule has 0 aliphatic carbocycles. The van der Waals surface area contributed by atoms with Crippen LogP contribution in [0, 0.1) is 11.3 Å². The van der Waals surface area contributed by atoms with Crippen LogP contribution in [0.2, 0.25) is 0 Å². The molecule has 0 aromatic heterocycles. The molecule has 1 aromatic rings. The molecule has 4 atom stereocenters. The highest BCUT2D eigenvalue weighted by atomic mass is 19.4. The van der Waals surface area contributed by atoms with E-state index in [0.29, 0.717) is 31.5 Å². The molecule has 34 heavy (non-hydrogen) atoms. The Kier molecular flexibility index (Phi) is 6.02. The molecule has 3 heterocycles. The largest absolute Gasteiger partial charge is 0.416 e. The Balaban J connectivity index is 1.51. The van der Waals surface area contributed by atoms with Gasteiger partial charge in [0.25, 0.3) is 0 Å². The maximum atomic E-state index is 13.2. The average molecular weight is 489 g/mol. The molecule has 13 heteroatoms. The molecule has 3 unspecified atom stereocenters. The fourth-order valence-electron chi connectivity index (χ4n) is 4.99. The number of halogens is 6. The van der Waals surface area contributed by atoms with Crippen LogP contribution < -0.4 is 10.6 Å². The Labute approximate surface area is 190 Å². The van der Waals surface area contributed by atoms with Gasteiger partial charge in [-0.25, -0.2) is 0 Å². The second-order valence-corrected chi connectivity index (χ2v) is 8.76. The van der Waals surface area contributed by atoms with Gasteiger partial charge in [-0.05, 0) is 37.5 Å². The fourth-order valence-corrected chi connectivity index (χ4v) is 4.99. The van der Waals surface area contributed by atoms with Gasteiger partial charge in [0, 0.05) is 25.3 Å². The smallest absolute Gasteiger partial charge is 0.325 e. The van der Waals surface area contributed by atoms with Crippen molar-refractivity contribution in [2.24, 2.45) is 5.73 Å². The molecule has 0 saturated carbocycles. The van der Waals surface area contributed by atoms with E-state index in [9.17, 15) is 35.9 Å². The van der Waals surface area contributed by atoms with Crippen molar-refractivity contribution in [1.82, 2.24) is 9.80 Å². The molecule has 4 rings (SSSR count). The molecule has 3 aliphatic rings. The number of amides is 2. The van der Waals surface area contributed by atoms with Crippen LogP contribution in [0.5, 0.6) is 0 Å². The van der Waals surface area contributed by atoms with E-state index < -0.39 is 65.1 Å². The van der Waals surface area contributed by atoms with E-state index in [-0.39, 0.29) is 25.6 Å². The number of anilines is 1. The first-order chi connectivity index (χ1) is 15.8. The number of alkyl halides is 6. The SMILES string of the molecule is N#CC1CCCN1C(=O)C(N)CN1C[C@@H]2CC1C(=O)N2c1cc(C(F)(F)F)cc(C(F)(F)F)c1. The minimum atomic E-state index is -5.02. The number of carbonyl (C=O) groups is 2. The topological polar surface area (TPSA) is 93.7 Å². The first kappa shape index (κ1) is 24.3. The summed E-state index contributed by atoms with van der Waals surface area (Å²) in [7, 11) is 0. The Morgan fingerprint density at radius 1 is 1.15 bits per heavy atom. The van der Waals surface area contributed by atoms with Gasteiger partial charge in [0.05, 0.1) is 35.3 Å². The summed E-state index contributed by atoms with van der Waals surface area (Å²) >= 11 is 0. The van der Waals surface area contributed by atoms with Gasteiger partial charge < -0.3 is 15.5 Å².